The normalized spacial score (nSPS) is 12.2. The van der Waals surface area contributed by atoms with Crippen molar-refractivity contribution in [1.29, 1.82) is 0 Å². The molecule has 0 aliphatic carbocycles. The van der Waals surface area contributed by atoms with Crippen molar-refractivity contribution in [2.45, 2.75) is 40.8 Å². The summed E-state index contributed by atoms with van der Waals surface area (Å²) >= 11 is 12.2. The summed E-state index contributed by atoms with van der Waals surface area (Å²) in [5.41, 5.74) is 3.63. The van der Waals surface area contributed by atoms with Crippen molar-refractivity contribution in [1.82, 2.24) is 19.6 Å². The summed E-state index contributed by atoms with van der Waals surface area (Å²) in [6.07, 6.45) is 0. The maximum Gasteiger partial charge on any atom is 0.230 e. The van der Waals surface area contributed by atoms with Crippen LogP contribution in [-0.4, -0.2) is 25.5 Å². The molecule has 1 unspecified atom stereocenters. The SMILES string of the molecule is Cc1nn(CC(C)C(=O)Nc2cc(C)n(Cc3cccc(Cl)c3)n2)c(C)c1Cl. The molecule has 0 saturated carbocycles. The molecule has 1 atom stereocenters. The fraction of sp³-hybridized carbons (Fsp3) is 0.350. The minimum absolute atomic E-state index is 0.115. The van der Waals surface area contributed by atoms with E-state index in [0.29, 0.717) is 29.0 Å². The molecule has 0 bridgehead atoms. The van der Waals surface area contributed by atoms with Crippen LogP contribution < -0.4 is 5.32 Å². The maximum absolute atomic E-state index is 12.6. The number of hydrogen-bond acceptors (Lipinski definition) is 3. The Morgan fingerprint density at radius 1 is 1.14 bits per heavy atom. The van der Waals surface area contributed by atoms with Gasteiger partial charge in [0.1, 0.15) is 0 Å². The van der Waals surface area contributed by atoms with Gasteiger partial charge in [0.05, 0.1) is 35.4 Å². The van der Waals surface area contributed by atoms with E-state index in [0.717, 1.165) is 22.6 Å². The summed E-state index contributed by atoms with van der Waals surface area (Å²) in [6, 6.07) is 9.50. The highest BCUT2D eigenvalue weighted by molar-refractivity contribution is 6.31. The zero-order chi connectivity index (χ0) is 20.4. The number of carbonyl (C=O) groups is 1. The van der Waals surface area contributed by atoms with Crippen molar-refractivity contribution >= 4 is 34.9 Å². The van der Waals surface area contributed by atoms with Gasteiger partial charge in [-0.2, -0.15) is 10.2 Å². The minimum Gasteiger partial charge on any atom is -0.309 e. The largest absolute Gasteiger partial charge is 0.309 e. The van der Waals surface area contributed by atoms with Gasteiger partial charge in [-0.1, -0.05) is 42.3 Å². The first-order valence-electron chi connectivity index (χ1n) is 9.04. The fourth-order valence-corrected chi connectivity index (χ4v) is 3.33. The van der Waals surface area contributed by atoms with Crippen molar-refractivity contribution in [3.8, 4) is 0 Å². The molecule has 6 nitrogen and oxygen atoms in total. The molecule has 0 aliphatic heterocycles. The van der Waals surface area contributed by atoms with Gasteiger partial charge in [-0.25, -0.2) is 0 Å². The zero-order valence-corrected chi connectivity index (χ0v) is 17.8. The molecule has 0 saturated heterocycles. The molecule has 0 fully saturated rings. The highest BCUT2D eigenvalue weighted by Crippen LogP contribution is 2.20. The number of benzene rings is 1. The Kier molecular flexibility index (Phi) is 6.10. The molecular formula is C20H23Cl2N5O. The summed E-state index contributed by atoms with van der Waals surface area (Å²) in [5.74, 6) is 0.131. The van der Waals surface area contributed by atoms with Gasteiger partial charge in [-0.05, 0) is 38.5 Å². The van der Waals surface area contributed by atoms with E-state index in [1.807, 2.05) is 62.7 Å². The molecule has 0 spiro atoms. The first-order valence-corrected chi connectivity index (χ1v) is 9.79. The summed E-state index contributed by atoms with van der Waals surface area (Å²) < 4.78 is 3.61. The molecular weight excluding hydrogens is 397 g/mol. The highest BCUT2D eigenvalue weighted by atomic mass is 35.5. The van der Waals surface area contributed by atoms with E-state index in [9.17, 15) is 4.79 Å². The number of hydrogen-bond donors (Lipinski definition) is 1. The second-order valence-corrected chi connectivity index (χ2v) is 7.83. The van der Waals surface area contributed by atoms with E-state index < -0.39 is 0 Å². The van der Waals surface area contributed by atoms with Crippen LogP contribution in [0.2, 0.25) is 10.0 Å². The molecule has 2 heterocycles. The summed E-state index contributed by atoms with van der Waals surface area (Å²) in [5, 5.41) is 13.1. The molecule has 8 heteroatoms. The van der Waals surface area contributed by atoms with E-state index in [4.69, 9.17) is 23.2 Å². The number of aryl methyl sites for hydroxylation is 2. The molecule has 1 aromatic carbocycles. The quantitative estimate of drug-likeness (QED) is 0.632. The predicted molar refractivity (Wildman–Crippen MR) is 112 cm³/mol. The van der Waals surface area contributed by atoms with Gasteiger partial charge in [0, 0.05) is 16.8 Å². The number of anilines is 1. The summed E-state index contributed by atoms with van der Waals surface area (Å²) in [4.78, 5) is 12.6. The Morgan fingerprint density at radius 2 is 1.89 bits per heavy atom. The number of carbonyl (C=O) groups excluding carboxylic acids is 1. The lowest BCUT2D eigenvalue weighted by Gasteiger charge is -2.12. The van der Waals surface area contributed by atoms with Crippen LogP contribution >= 0.6 is 23.2 Å². The van der Waals surface area contributed by atoms with Gasteiger partial charge in [0.25, 0.3) is 0 Å². The van der Waals surface area contributed by atoms with E-state index >= 15 is 0 Å². The summed E-state index contributed by atoms with van der Waals surface area (Å²) in [6.45, 7) is 8.60. The van der Waals surface area contributed by atoms with Crippen LogP contribution in [0.5, 0.6) is 0 Å². The zero-order valence-electron chi connectivity index (χ0n) is 16.3. The average Bonchev–Trinajstić information content (AvgIpc) is 3.09. The number of aromatic nitrogens is 4. The predicted octanol–water partition coefficient (Wildman–Crippen LogP) is 4.63. The topological polar surface area (TPSA) is 64.7 Å². The second-order valence-electron chi connectivity index (χ2n) is 7.02. The molecule has 2 aromatic heterocycles. The number of rotatable bonds is 6. The van der Waals surface area contributed by atoms with Crippen molar-refractivity contribution < 1.29 is 4.79 Å². The highest BCUT2D eigenvalue weighted by Gasteiger charge is 2.18. The van der Waals surface area contributed by atoms with E-state index in [1.54, 1.807) is 4.68 Å². The molecule has 0 aliphatic rings. The molecule has 1 N–H and O–H groups in total. The third-order valence-electron chi connectivity index (χ3n) is 4.64. The van der Waals surface area contributed by atoms with Crippen LogP contribution in [0.25, 0.3) is 0 Å². The third kappa shape index (κ3) is 4.56. The number of nitrogens with zero attached hydrogens (tertiary/aromatic N) is 4. The number of amides is 1. The Bertz CT molecular complexity index is 1010. The first-order chi connectivity index (χ1) is 13.2. The molecule has 3 rings (SSSR count). The van der Waals surface area contributed by atoms with Crippen LogP contribution in [0.4, 0.5) is 5.82 Å². The van der Waals surface area contributed by atoms with Gasteiger partial charge in [-0.15, -0.1) is 0 Å². The Hall–Kier alpha value is -2.31. The van der Waals surface area contributed by atoms with Crippen molar-refractivity contribution in [3.63, 3.8) is 0 Å². The summed E-state index contributed by atoms with van der Waals surface area (Å²) in [7, 11) is 0. The second kappa shape index (κ2) is 8.37. The van der Waals surface area contributed by atoms with E-state index in [1.165, 1.54) is 0 Å². The molecule has 1 amide bonds. The Labute approximate surface area is 174 Å². The average molecular weight is 420 g/mol. The first kappa shape index (κ1) is 20.4. The lowest BCUT2D eigenvalue weighted by molar-refractivity contribution is -0.119. The van der Waals surface area contributed by atoms with Crippen molar-refractivity contribution in [2.24, 2.45) is 5.92 Å². The van der Waals surface area contributed by atoms with Crippen LogP contribution in [-0.2, 0) is 17.9 Å². The smallest absolute Gasteiger partial charge is 0.230 e. The van der Waals surface area contributed by atoms with Crippen molar-refractivity contribution in [2.75, 3.05) is 5.32 Å². The van der Waals surface area contributed by atoms with E-state index in [2.05, 4.69) is 15.5 Å². The van der Waals surface area contributed by atoms with Crippen LogP contribution in [0.3, 0.4) is 0 Å². The lowest BCUT2D eigenvalue weighted by Crippen LogP contribution is -2.25. The Balaban J connectivity index is 1.66. The van der Waals surface area contributed by atoms with Crippen LogP contribution in [0, 0.1) is 26.7 Å². The van der Waals surface area contributed by atoms with E-state index in [-0.39, 0.29) is 11.8 Å². The fourth-order valence-electron chi connectivity index (χ4n) is 2.98. The van der Waals surface area contributed by atoms with Gasteiger partial charge in [-0.3, -0.25) is 14.2 Å². The molecule has 0 radical (unpaired) electrons. The van der Waals surface area contributed by atoms with Gasteiger partial charge in [0.15, 0.2) is 5.82 Å². The number of halogens is 2. The minimum atomic E-state index is -0.285. The molecule has 148 valence electrons. The monoisotopic (exact) mass is 419 g/mol. The van der Waals surface area contributed by atoms with Gasteiger partial charge >= 0.3 is 0 Å². The van der Waals surface area contributed by atoms with Gasteiger partial charge in [0.2, 0.25) is 5.91 Å². The van der Waals surface area contributed by atoms with Crippen molar-refractivity contribution in [3.05, 3.63) is 63.0 Å². The van der Waals surface area contributed by atoms with Crippen LogP contribution in [0.15, 0.2) is 30.3 Å². The van der Waals surface area contributed by atoms with Crippen LogP contribution in [0.1, 0.15) is 29.6 Å². The molecule has 28 heavy (non-hydrogen) atoms. The maximum atomic E-state index is 12.6. The Morgan fingerprint density at radius 3 is 2.54 bits per heavy atom. The molecule has 3 aromatic rings. The standard InChI is InChI=1S/C20H23Cl2N5O/c1-12(10-27-15(4)19(22)14(3)24-27)20(28)23-18-8-13(2)26(25-18)11-16-6-5-7-17(21)9-16/h5-9,12H,10-11H2,1-4H3,(H,23,25,28). The lowest BCUT2D eigenvalue weighted by atomic mass is 10.1. The van der Waals surface area contributed by atoms with Gasteiger partial charge < -0.3 is 5.32 Å². The third-order valence-corrected chi connectivity index (χ3v) is 5.42. The number of nitrogens with one attached hydrogen (secondary N) is 1.